The normalized spacial score (nSPS) is 11.9. The van der Waals surface area contributed by atoms with Gasteiger partial charge in [-0.15, -0.1) is 0 Å². The zero-order chi connectivity index (χ0) is 9.90. The van der Waals surface area contributed by atoms with Crippen LogP contribution in [-0.2, 0) is 10.0 Å². The van der Waals surface area contributed by atoms with Crippen molar-refractivity contribution in [1.82, 2.24) is 10.2 Å². The first-order valence-electron chi connectivity index (χ1n) is 3.99. The average Bonchev–Trinajstić information content (AvgIpc) is 2.34. The number of nitrogens with one attached hydrogen (secondary N) is 2. The molecular weight excluding hydrogens is 190 g/mol. The molecule has 74 valence electrons. The largest absolute Gasteiger partial charge is 0.284 e. The lowest BCUT2D eigenvalue weighted by Gasteiger charge is -2.07. The van der Waals surface area contributed by atoms with E-state index in [-0.39, 0.29) is 11.7 Å². The second-order valence-corrected chi connectivity index (χ2v) is 5.03. The molecule has 13 heavy (non-hydrogen) atoms. The van der Waals surface area contributed by atoms with Gasteiger partial charge in [-0.2, -0.15) is 5.10 Å². The molecule has 1 aromatic rings. The van der Waals surface area contributed by atoms with Gasteiger partial charge >= 0.3 is 0 Å². The third kappa shape index (κ3) is 3.45. The van der Waals surface area contributed by atoms with Crippen LogP contribution in [0.3, 0.4) is 0 Å². The summed E-state index contributed by atoms with van der Waals surface area (Å²) in [6, 6.07) is 0. The Balaban J connectivity index is 2.63. The molecule has 1 aromatic heterocycles. The fourth-order valence-corrected chi connectivity index (χ4v) is 2.40. The summed E-state index contributed by atoms with van der Waals surface area (Å²) in [5.74, 6) is 0.238. The number of sulfonamides is 1. The van der Waals surface area contributed by atoms with Gasteiger partial charge in [-0.1, -0.05) is 13.8 Å². The molecule has 0 amide bonds. The van der Waals surface area contributed by atoms with Gasteiger partial charge in [-0.25, -0.2) is 8.42 Å². The van der Waals surface area contributed by atoms with Gasteiger partial charge in [-0.05, 0) is 5.92 Å². The topological polar surface area (TPSA) is 74.8 Å². The molecule has 1 heterocycles. The van der Waals surface area contributed by atoms with E-state index in [2.05, 4.69) is 14.9 Å². The van der Waals surface area contributed by atoms with Crippen LogP contribution in [0.4, 0.5) is 5.69 Å². The number of H-pyrrole nitrogens is 1. The fourth-order valence-electron chi connectivity index (χ4n) is 0.967. The molecule has 0 spiro atoms. The summed E-state index contributed by atoms with van der Waals surface area (Å²) in [6.07, 6.45) is 2.93. The highest BCUT2D eigenvalue weighted by Gasteiger charge is 2.12. The van der Waals surface area contributed by atoms with E-state index < -0.39 is 10.0 Å². The van der Waals surface area contributed by atoms with Crippen molar-refractivity contribution in [3.63, 3.8) is 0 Å². The maximum Gasteiger partial charge on any atom is 0.233 e. The van der Waals surface area contributed by atoms with Crippen molar-refractivity contribution in [2.24, 2.45) is 5.92 Å². The first-order chi connectivity index (χ1) is 5.99. The average molecular weight is 203 g/mol. The lowest BCUT2D eigenvalue weighted by Crippen LogP contribution is -2.19. The molecule has 0 atom stereocenters. The molecule has 0 aliphatic heterocycles. The zero-order valence-corrected chi connectivity index (χ0v) is 8.43. The number of anilines is 1. The summed E-state index contributed by atoms with van der Waals surface area (Å²) in [7, 11) is -3.21. The molecule has 0 radical (unpaired) electrons. The van der Waals surface area contributed by atoms with E-state index >= 15 is 0 Å². The smallest absolute Gasteiger partial charge is 0.233 e. The van der Waals surface area contributed by atoms with E-state index in [9.17, 15) is 8.42 Å². The Labute approximate surface area is 77.6 Å². The van der Waals surface area contributed by atoms with Gasteiger partial charge in [0.2, 0.25) is 10.0 Å². The van der Waals surface area contributed by atoms with Crippen LogP contribution in [-0.4, -0.2) is 24.4 Å². The molecule has 0 fully saturated rings. The molecule has 6 heteroatoms. The van der Waals surface area contributed by atoms with Crippen LogP contribution in [0.15, 0.2) is 12.4 Å². The second kappa shape index (κ2) is 3.78. The summed E-state index contributed by atoms with van der Waals surface area (Å²) in [4.78, 5) is 0. The van der Waals surface area contributed by atoms with E-state index in [1.165, 1.54) is 12.4 Å². The molecule has 1 rings (SSSR count). The molecule has 2 N–H and O–H groups in total. The maximum absolute atomic E-state index is 11.4. The van der Waals surface area contributed by atoms with Gasteiger partial charge in [0.1, 0.15) is 0 Å². The Bertz CT molecular complexity index is 342. The lowest BCUT2D eigenvalue weighted by molar-refractivity contribution is 0.587. The quantitative estimate of drug-likeness (QED) is 0.760. The van der Waals surface area contributed by atoms with E-state index in [4.69, 9.17) is 0 Å². The van der Waals surface area contributed by atoms with Crippen molar-refractivity contribution in [1.29, 1.82) is 0 Å². The van der Waals surface area contributed by atoms with Crippen molar-refractivity contribution < 1.29 is 8.42 Å². The first kappa shape index (κ1) is 10.0. The van der Waals surface area contributed by atoms with Crippen LogP contribution in [0, 0.1) is 5.92 Å². The van der Waals surface area contributed by atoms with E-state index in [1.807, 2.05) is 13.8 Å². The zero-order valence-electron chi connectivity index (χ0n) is 7.61. The molecule has 0 saturated heterocycles. The summed E-state index contributed by atoms with van der Waals surface area (Å²) in [5, 5.41) is 6.16. The van der Waals surface area contributed by atoms with Crippen molar-refractivity contribution in [2.45, 2.75) is 13.8 Å². The number of rotatable bonds is 4. The van der Waals surface area contributed by atoms with Crippen LogP contribution < -0.4 is 4.72 Å². The monoisotopic (exact) mass is 203 g/mol. The molecule has 0 unspecified atom stereocenters. The van der Waals surface area contributed by atoms with Crippen LogP contribution in [0.1, 0.15) is 13.8 Å². The van der Waals surface area contributed by atoms with Crippen molar-refractivity contribution in [3.05, 3.63) is 12.4 Å². The van der Waals surface area contributed by atoms with E-state index in [0.717, 1.165) is 0 Å². The third-order valence-electron chi connectivity index (χ3n) is 1.32. The van der Waals surface area contributed by atoms with Crippen LogP contribution >= 0.6 is 0 Å². The van der Waals surface area contributed by atoms with E-state index in [1.54, 1.807) is 0 Å². The van der Waals surface area contributed by atoms with E-state index in [0.29, 0.717) is 5.69 Å². The minimum atomic E-state index is -3.21. The predicted octanol–water partition coefficient (Wildman–Crippen LogP) is 0.807. The number of hydrogen-bond acceptors (Lipinski definition) is 3. The Morgan fingerprint density at radius 1 is 1.62 bits per heavy atom. The Kier molecular flexibility index (Phi) is 2.92. The van der Waals surface area contributed by atoms with Gasteiger partial charge < -0.3 is 0 Å². The molecule has 0 aromatic carbocycles. The number of aromatic nitrogens is 2. The Hall–Kier alpha value is -1.04. The number of nitrogens with zero attached hydrogens (tertiary/aromatic N) is 1. The summed E-state index contributed by atoms with van der Waals surface area (Å²) >= 11 is 0. The van der Waals surface area contributed by atoms with Crippen LogP contribution in [0.2, 0.25) is 0 Å². The third-order valence-corrected chi connectivity index (χ3v) is 2.98. The van der Waals surface area contributed by atoms with Gasteiger partial charge in [-0.3, -0.25) is 9.82 Å². The van der Waals surface area contributed by atoms with Gasteiger partial charge in [0.25, 0.3) is 0 Å². The highest BCUT2D eigenvalue weighted by atomic mass is 32.2. The summed E-state index contributed by atoms with van der Waals surface area (Å²) < 4.78 is 25.1. The Morgan fingerprint density at radius 3 is 2.77 bits per heavy atom. The minimum absolute atomic E-state index is 0.115. The predicted molar refractivity (Wildman–Crippen MR) is 50.8 cm³/mol. The number of aromatic amines is 1. The first-order valence-corrected chi connectivity index (χ1v) is 5.64. The maximum atomic E-state index is 11.4. The standard InChI is InChI=1S/C7H13N3O2S/c1-6(2)5-13(11,12)10-7-3-8-9-4-7/h3-4,6,10H,5H2,1-2H3,(H,8,9). The Morgan fingerprint density at radius 2 is 2.31 bits per heavy atom. The van der Waals surface area contributed by atoms with Crippen LogP contribution in [0.5, 0.6) is 0 Å². The van der Waals surface area contributed by atoms with Gasteiger partial charge in [0.15, 0.2) is 0 Å². The molecule has 0 aliphatic carbocycles. The van der Waals surface area contributed by atoms with Crippen LogP contribution in [0.25, 0.3) is 0 Å². The summed E-state index contributed by atoms with van der Waals surface area (Å²) in [5.41, 5.74) is 0.473. The van der Waals surface area contributed by atoms with Crippen molar-refractivity contribution in [3.8, 4) is 0 Å². The second-order valence-electron chi connectivity index (χ2n) is 3.26. The van der Waals surface area contributed by atoms with Crippen molar-refractivity contribution >= 4 is 15.7 Å². The van der Waals surface area contributed by atoms with Gasteiger partial charge in [0.05, 0.1) is 17.6 Å². The van der Waals surface area contributed by atoms with Gasteiger partial charge in [0, 0.05) is 6.20 Å². The molecule has 0 saturated carbocycles. The lowest BCUT2D eigenvalue weighted by atomic mass is 10.3. The molecule has 0 aliphatic rings. The van der Waals surface area contributed by atoms with Crippen molar-refractivity contribution in [2.75, 3.05) is 10.5 Å². The molecule has 0 bridgehead atoms. The summed E-state index contributed by atoms with van der Waals surface area (Å²) in [6.45, 7) is 3.71. The molecular formula is C7H13N3O2S. The SMILES string of the molecule is CC(C)CS(=O)(=O)Nc1cn[nH]c1. The highest BCUT2D eigenvalue weighted by Crippen LogP contribution is 2.07. The number of hydrogen-bond donors (Lipinski definition) is 2. The molecule has 5 nitrogen and oxygen atoms in total. The highest BCUT2D eigenvalue weighted by molar-refractivity contribution is 7.92. The fraction of sp³-hybridized carbons (Fsp3) is 0.571. The minimum Gasteiger partial charge on any atom is -0.284 e.